The number of carboxylic acids is 3. The Balaban J connectivity index is 0.000000302. The molecule has 41 heavy (non-hydrogen) atoms. The maximum absolute atomic E-state index is 10.3. The Kier molecular flexibility index (Phi) is 10.2. The van der Waals surface area contributed by atoms with E-state index in [0.29, 0.717) is 24.7 Å². The fraction of sp³-hybridized carbons (Fsp3) is 0.464. The molecule has 0 bridgehead atoms. The lowest BCUT2D eigenvalue weighted by atomic mass is 9.74. The van der Waals surface area contributed by atoms with Gasteiger partial charge in [0, 0.05) is 29.3 Å². The van der Waals surface area contributed by atoms with Crippen molar-refractivity contribution in [2.24, 2.45) is 4.99 Å². The quantitative estimate of drug-likeness (QED) is 0.277. The molecule has 0 amide bonds. The number of hydrogen-bond donors (Lipinski definition) is 5. The standard InChI is InChI=1S/C22H26N2O4.C6H8O7/c1-4-28-20-10-15-16-9-14(25)6-7-18(16)24-22(17(15)11-19(20)26-2)13-5-8-21(27-3)23-12-13;7-3(8)1-6(13,5(11)12)2-4(9)10/h5,8,10-12,14,16,18,25H,4,6-7,9H2,1-3H3;13H,1-2H2,(H,7,8)(H,9,10)(H,11,12)/t14-,16-,18-;/m1./s1. The van der Waals surface area contributed by atoms with Gasteiger partial charge in [-0.25, -0.2) is 9.78 Å². The first-order chi connectivity index (χ1) is 19.4. The first-order valence-electron chi connectivity index (χ1n) is 12.9. The van der Waals surface area contributed by atoms with Crippen molar-refractivity contribution in [1.82, 2.24) is 4.98 Å². The fourth-order valence-corrected chi connectivity index (χ4v) is 4.96. The topological polar surface area (TPSA) is 205 Å². The van der Waals surface area contributed by atoms with Crippen LogP contribution in [0.15, 0.2) is 35.5 Å². The molecule has 1 saturated carbocycles. The number of aliphatic hydroxyl groups excluding tert-OH is 1. The number of aliphatic hydroxyl groups is 2. The highest BCUT2D eigenvalue weighted by molar-refractivity contribution is 6.14. The maximum Gasteiger partial charge on any atom is 0.336 e. The minimum absolute atomic E-state index is 0.149. The monoisotopic (exact) mass is 574 g/mol. The van der Waals surface area contributed by atoms with Gasteiger partial charge in [-0.3, -0.25) is 14.6 Å². The lowest BCUT2D eigenvalue weighted by Gasteiger charge is -2.37. The van der Waals surface area contributed by atoms with E-state index in [0.717, 1.165) is 41.0 Å². The van der Waals surface area contributed by atoms with Crippen molar-refractivity contribution in [2.75, 3.05) is 20.8 Å². The van der Waals surface area contributed by atoms with Gasteiger partial charge < -0.3 is 39.7 Å². The van der Waals surface area contributed by atoms with Crippen molar-refractivity contribution in [3.05, 3.63) is 47.2 Å². The van der Waals surface area contributed by atoms with E-state index in [1.807, 2.05) is 25.1 Å². The fourth-order valence-electron chi connectivity index (χ4n) is 4.96. The van der Waals surface area contributed by atoms with E-state index in [-0.39, 0.29) is 18.1 Å². The van der Waals surface area contributed by atoms with Crippen LogP contribution in [0.3, 0.4) is 0 Å². The first kappa shape index (κ1) is 31.3. The van der Waals surface area contributed by atoms with Gasteiger partial charge in [0.1, 0.15) is 0 Å². The summed E-state index contributed by atoms with van der Waals surface area (Å²) in [5.41, 5.74) is 1.29. The molecule has 1 aliphatic carbocycles. The van der Waals surface area contributed by atoms with Crippen LogP contribution in [0.2, 0.25) is 0 Å². The molecule has 1 aromatic heterocycles. The van der Waals surface area contributed by atoms with Gasteiger partial charge in [-0.1, -0.05) is 0 Å². The molecule has 0 saturated heterocycles. The summed E-state index contributed by atoms with van der Waals surface area (Å²) in [6.45, 7) is 2.52. The van der Waals surface area contributed by atoms with Crippen molar-refractivity contribution >= 4 is 23.6 Å². The van der Waals surface area contributed by atoms with Crippen LogP contribution < -0.4 is 14.2 Å². The van der Waals surface area contributed by atoms with Gasteiger partial charge >= 0.3 is 17.9 Å². The smallest absolute Gasteiger partial charge is 0.336 e. The molecule has 1 aromatic carbocycles. The molecule has 1 aliphatic heterocycles. The number of benzene rings is 1. The number of aliphatic carboxylic acids is 3. The highest BCUT2D eigenvalue weighted by Crippen LogP contribution is 2.45. The number of aromatic nitrogens is 1. The number of aliphatic imine (C=N–C) groups is 1. The Hall–Kier alpha value is -4.23. The average molecular weight is 575 g/mol. The number of carbonyl (C=O) groups is 3. The summed E-state index contributed by atoms with van der Waals surface area (Å²) in [6, 6.07) is 8.05. The van der Waals surface area contributed by atoms with Crippen LogP contribution >= 0.6 is 0 Å². The van der Waals surface area contributed by atoms with Crippen LogP contribution in [0, 0.1) is 0 Å². The summed E-state index contributed by atoms with van der Waals surface area (Å²) < 4.78 is 16.6. The molecular weight excluding hydrogens is 540 g/mol. The normalized spacial score (nSPS) is 19.3. The van der Waals surface area contributed by atoms with Crippen LogP contribution in [-0.4, -0.2) is 92.7 Å². The highest BCUT2D eigenvalue weighted by atomic mass is 16.5. The van der Waals surface area contributed by atoms with E-state index >= 15 is 0 Å². The Morgan fingerprint density at radius 2 is 1.68 bits per heavy atom. The summed E-state index contributed by atoms with van der Waals surface area (Å²) in [7, 11) is 3.25. The Morgan fingerprint density at radius 1 is 1.00 bits per heavy atom. The first-order valence-corrected chi connectivity index (χ1v) is 12.9. The van der Waals surface area contributed by atoms with Crippen molar-refractivity contribution in [3.8, 4) is 17.4 Å². The lowest BCUT2D eigenvalue weighted by molar-refractivity contribution is -0.170. The molecule has 13 nitrogen and oxygen atoms in total. The molecule has 0 spiro atoms. The molecule has 2 aromatic rings. The van der Waals surface area contributed by atoms with Crippen LogP contribution in [0.5, 0.6) is 17.4 Å². The molecule has 0 unspecified atom stereocenters. The zero-order valence-electron chi connectivity index (χ0n) is 22.9. The average Bonchev–Trinajstić information content (AvgIpc) is 2.92. The zero-order chi connectivity index (χ0) is 30.3. The summed E-state index contributed by atoms with van der Waals surface area (Å²) in [5.74, 6) is -2.85. The van der Waals surface area contributed by atoms with Crippen LogP contribution in [0.25, 0.3) is 0 Å². The van der Waals surface area contributed by atoms with Gasteiger partial charge in [-0.05, 0) is 49.9 Å². The van der Waals surface area contributed by atoms with E-state index < -0.39 is 36.4 Å². The highest BCUT2D eigenvalue weighted by Gasteiger charge is 2.41. The molecule has 5 N–H and O–H groups in total. The summed E-state index contributed by atoms with van der Waals surface area (Å²) in [4.78, 5) is 39.9. The second-order valence-corrected chi connectivity index (χ2v) is 9.71. The molecule has 2 heterocycles. The number of pyridine rings is 1. The van der Waals surface area contributed by atoms with E-state index in [1.54, 1.807) is 20.4 Å². The zero-order valence-corrected chi connectivity index (χ0v) is 22.9. The largest absolute Gasteiger partial charge is 0.493 e. The third-order valence-corrected chi connectivity index (χ3v) is 6.88. The number of nitrogens with zero attached hydrogens (tertiary/aromatic N) is 2. The van der Waals surface area contributed by atoms with Gasteiger partial charge in [0.05, 0.1) is 51.5 Å². The number of carboxylic acid groups (broad SMARTS) is 3. The third-order valence-electron chi connectivity index (χ3n) is 6.88. The number of rotatable bonds is 10. The third kappa shape index (κ3) is 7.50. The van der Waals surface area contributed by atoms with Crippen LogP contribution in [0.1, 0.15) is 61.6 Å². The summed E-state index contributed by atoms with van der Waals surface area (Å²) >= 11 is 0. The number of hydrogen-bond acceptors (Lipinski definition) is 10. The molecule has 222 valence electrons. The predicted octanol–water partition coefficient (Wildman–Crippen LogP) is 2.10. The number of fused-ring (bicyclic) bond motifs is 3. The number of methoxy groups -OCH3 is 2. The van der Waals surface area contributed by atoms with Gasteiger partial charge in [0.25, 0.3) is 0 Å². The summed E-state index contributed by atoms with van der Waals surface area (Å²) in [6.07, 6.45) is 1.58. The van der Waals surface area contributed by atoms with Gasteiger partial charge in [0.15, 0.2) is 17.1 Å². The SMILES string of the molecule is CCOc1cc2c(cc1OC)C(c1ccc(OC)nc1)=N[C@@H]1CC[C@@H](O)C[C@H]21.O=C(O)CC(O)(CC(=O)O)C(=O)O. The van der Waals surface area contributed by atoms with Gasteiger partial charge in [-0.2, -0.15) is 0 Å². The van der Waals surface area contributed by atoms with Gasteiger partial charge in [0.2, 0.25) is 5.88 Å². The minimum Gasteiger partial charge on any atom is -0.493 e. The number of ether oxygens (including phenoxy) is 3. The summed E-state index contributed by atoms with van der Waals surface area (Å²) in [5, 5.41) is 44.1. The van der Waals surface area contributed by atoms with E-state index in [4.69, 9.17) is 39.6 Å². The van der Waals surface area contributed by atoms with E-state index in [9.17, 15) is 19.5 Å². The van der Waals surface area contributed by atoms with Crippen LogP contribution in [-0.2, 0) is 14.4 Å². The second-order valence-electron chi connectivity index (χ2n) is 9.71. The van der Waals surface area contributed by atoms with Crippen molar-refractivity contribution in [3.63, 3.8) is 0 Å². The maximum atomic E-state index is 10.3. The molecule has 4 rings (SSSR count). The molecule has 2 aliphatic rings. The molecule has 3 atom stereocenters. The minimum atomic E-state index is -2.74. The van der Waals surface area contributed by atoms with Gasteiger partial charge in [-0.15, -0.1) is 0 Å². The Morgan fingerprint density at radius 3 is 2.20 bits per heavy atom. The van der Waals surface area contributed by atoms with Crippen LogP contribution in [0.4, 0.5) is 0 Å². The predicted molar refractivity (Wildman–Crippen MR) is 144 cm³/mol. The van der Waals surface area contributed by atoms with Crippen molar-refractivity contribution < 1.29 is 54.1 Å². The molecule has 1 fully saturated rings. The molecule has 0 radical (unpaired) electrons. The second kappa shape index (κ2) is 13.4. The van der Waals surface area contributed by atoms with Crippen molar-refractivity contribution in [2.45, 2.75) is 62.7 Å². The van der Waals surface area contributed by atoms with Crippen molar-refractivity contribution in [1.29, 1.82) is 0 Å². The molecular formula is C28H34N2O11. The Labute approximate surface area is 236 Å². The molecule has 13 heteroatoms. The van der Waals surface area contributed by atoms with E-state index in [1.165, 1.54) is 0 Å². The lowest BCUT2D eigenvalue weighted by Crippen LogP contribution is -2.42. The Bertz CT molecular complexity index is 1280. The van der Waals surface area contributed by atoms with E-state index in [2.05, 4.69) is 11.1 Å².